The van der Waals surface area contributed by atoms with E-state index in [9.17, 15) is 22.8 Å². The highest BCUT2D eigenvalue weighted by atomic mass is 19.4. The third-order valence-electron chi connectivity index (χ3n) is 5.23. The molecule has 0 bridgehead atoms. The topological polar surface area (TPSA) is 58.2 Å². The van der Waals surface area contributed by atoms with Gasteiger partial charge in [0.05, 0.1) is 11.1 Å². The van der Waals surface area contributed by atoms with Crippen LogP contribution in [-0.4, -0.2) is 17.9 Å². The number of nitrogens with one attached hydrogen (secondary N) is 2. The Morgan fingerprint density at radius 2 is 1.93 bits per heavy atom. The quantitative estimate of drug-likeness (QED) is 0.756. The van der Waals surface area contributed by atoms with Gasteiger partial charge in [0.25, 0.3) is 5.91 Å². The second-order valence-electron chi connectivity index (χ2n) is 7.61. The number of halogens is 3. The van der Waals surface area contributed by atoms with E-state index < -0.39 is 17.8 Å². The molecule has 3 aliphatic rings. The van der Waals surface area contributed by atoms with Crippen LogP contribution in [0.25, 0.3) is 5.57 Å². The summed E-state index contributed by atoms with van der Waals surface area (Å²) in [5.41, 5.74) is 6.10. The number of hydrogen-bond donors (Lipinski definition) is 2. The number of carbonyl (C=O) groups excluding carboxylic acids is 2. The maximum Gasteiger partial charge on any atom is 0.417 e. The van der Waals surface area contributed by atoms with Crippen LogP contribution in [0.15, 0.2) is 47.0 Å². The largest absolute Gasteiger partial charge is 0.417 e. The second kappa shape index (κ2) is 7.11. The fraction of sp³-hybridized carbons (Fsp3) is 0.364. The number of allylic oxidation sites excluding steroid dienone is 1. The van der Waals surface area contributed by atoms with Crippen molar-refractivity contribution in [3.05, 3.63) is 63.7 Å². The standard InChI is InChI=1S/C22H19F3N2O2/c1-12-2-6-16(18(10-12)22(23,24)25)17(11-14-5-9-20(28)26-14)19-8-7-15(13-3-4-13)21(29)27-19/h2,6,10-11,13-14H,3-5,9H2,1H3,(H,26,28)(H,27,29)/b17-11+. The van der Waals surface area contributed by atoms with Crippen molar-refractivity contribution in [2.45, 2.75) is 44.8 Å². The van der Waals surface area contributed by atoms with Gasteiger partial charge in [-0.2, -0.15) is 13.2 Å². The van der Waals surface area contributed by atoms with Crippen molar-refractivity contribution in [3.63, 3.8) is 0 Å². The van der Waals surface area contributed by atoms with E-state index in [1.165, 1.54) is 6.07 Å². The van der Waals surface area contributed by atoms with E-state index >= 15 is 0 Å². The second-order valence-corrected chi connectivity index (χ2v) is 7.61. The van der Waals surface area contributed by atoms with Gasteiger partial charge >= 0.3 is 6.18 Å². The Bertz CT molecular complexity index is 1030. The first-order valence-electron chi connectivity index (χ1n) is 9.49. The summed E-state index contributed by atoms with van der Waals surface area (Å²) in [7, 11) is 0. The van der Waals surface area contributed by atoms with Crippen molar-refractivity contribution >= 4 is 17.4 Å². The van der Waals surface area contributed by atoms with Crippen LogP contribution in [-0.2, 0) is 15.8 Å². The minimum absolute atomic E-state index is 0.0660. The van der Waals surface area contributed by atoms with E-state index in [0.717, 1.165) is 18.9 Å². The molecule has 1 aromatic rings. The first-order valence-corrected chi connectivity index (χ1v) is 9.49. The van der Waals surface area contributed by atoms with Gasteiger partial charge in [0.15, 0.2) is 0 Å². The summed E-state index contributed by atoms with van der Waals surface area (Å²) in [4.78, 5) is 24.0. The Balaban J connectivity index is 1.88. The zero-order chi connectivity index (χ0) is 20.8. The lowest BCUT2D eigenvalue weighted by atomic mass is 9.92. The number of rotatable bonds is 4. The molecule has 1 saturated heterocycles. The molecule has 2 amide bonds. The van der Waals surface area contributed by atoms with Crippen LogP contribution in [0.3, 0.4) is 0 Å². The summed E-state index contributed by atoms with van der Waals surface area (Å²) in [5, 5.41) is 5.42. The predicted octanol–water partition coefficient (Wildman–Crippen LogP) is 3.78. The molecule has 0 radical (unpaired) electrons. The van der Waals surface area contributed by atoms with Gasteiger partial charge in [-0.15, -0.1) is 0 Å². The lowest BCUT2D eigenvalue weighted by molar-refractivity contribution is -0.137. The fourth-order valence-corrected chi connectivity index (χ4v) is 3.59. The van der Waals surface area contributed by atoms with E-state index in [0.29, 0.717) is 24.0 Å². The summed E-state index contributed by atoms with van der Waals surface area (Å²) >= 11 is 0. The number of carbonyl (C=O) groups is 2. The summed E-state index contributed by atoms with van der Waals surface area (Å²) < 4.78 is 41.3. The van der Waals surface area contributed by atoms with Gasteiger partial charge in [-0.05, 0) is 49.5 Å². The molecular weight excluding hydrogens is 381 g/mol. The van der Waals surface area contributed by atoms with Crippen molar-refractivity contribution in [2.75, 3.05) is 0 Å². The average molecular weight is 400 g/mol. The third kappa shape index (κ3) is 4.07. The smallest absolute Gasteiger partial charge is 0.350 e. The molecule has 2 aliphatic heterocycles. The molecule has 4 nitrogen and oxygen atoms in total. The van der Waals surface area contributed by atoms with Crippen LogP contribution >= 0.6 is 0 Å². The maximum absolute atomic E-state index is 13.8. The molecule has 4 rings (SSSR count). The molecule has 1 aliphatic carbocycles. The highest BCUT2D eigenvalue weighted by Gasteiger charge is 2.36. The molecule has 150 valence electrons. The maximum atomic E-state index is 13.8. The summed E-state index contributed by atoms with van der Waals surface area (Å²) in [6, 6.07) is 3.64. The zero-order valence-electron chi connectivity index (χ0n) is 15.7. The van der Waals surface area contributed by atoms with Gasteiger partial charge in [0.1, 0.15) is 5.70 Å². The minimum Gasteiger partial charge on any atom is -0.350 e. The van der Waals surface area contributed by atoms with E-state index in [2.05, 4.69) is 22.1 Å². The predicted molar refractivity (Wildman–Crippen MR) is 100 cm³/mol. The monoisotopic (exact) mass is 400 g/mol. The molecule has 0 spiro atoms. The van der Waals surface area contributed by atoms with E-state index in [-0.39, 0.29) is 34.6 Å². The normalized spacial score (nSPS) is 22.2. The minimum atomic E-state index is -4.57. The van der Waals surface area contributed by atoms with Gasteiger partial charge in [-0.25, -0.2) is 0 Å². The Morgan fingerprint density at radius 1 is 1.17 bits per heavy atom. The number of amides is 2. The van der Waals surface area contributed by atoms with Crippen molar-refractivity contribution in [1.29, 1.82) is 0 Å². The number of hydrogen-bond acceptors (Lipinski definition) is 2. The SMILES string of the molecule is Cc1ccc(/C(=C\C2CCC(=O)N2)C2=C=C=C(C3CC3)C(=O)N2)c(C(F)(F)F)c1. The summed E-state index contributed by atoms with van der Waals surface area (Å²) in [6.45, 7) is 1.59. The summed E-state index contributed by atoms with van der Waals surface area (Å²) in [6.07, 6.45) is -0.418. The summed E-state index contributed by atoms with van der Waals surface area (Å²) in [5.74, 6) is -0.363. The van der Waals surface area contributed by atoms with Crippen molar-refractivity contribution in [2.24, 2.45) is 5.92 Å². The molecule has 1 atom stereocenters. The fourth-order valence-electron chi connectivity index (χ4n) is 3.59. The molecule has 7 heteroatoms. The number of aryl methyl sites for hydroxylation is 1. The van der Waals surface area contributed by atoms with E-state index in [4.69, 9.17) is 0 Å². The van der Waals surface area contributed by atoms with E-state index in [1.807, 2.05) is 0 Å². The Kier molecular flexibility index (Phi) is 4.73. The molecule has 1 unspecified atom stereocenters. The molecule has 29 heavy (non-hydrogen) atoms. The van der Waals surface area contributed by atoms with Gasteiger partial charge in [-0.3, -0.25) is 9.59 Å². The van der Waals surface area contributed by atoms with Crippen LogP contribution in [0, 0.1) is 12.8 Å². The highest BCUT2D eigenvalue weighted by Crippen LogP contribution is 2.40. The Hall–Kier alpha value is -3.01. The number of benzene rings is 1. The van der Waals surface area contributed by atoms with Crippen molar-refractivity contribution in [1.82, 2.24) is 10.6 Å². The van der Waals surface area contributed by atoms with E-state index in [1.54, 1.807) is 19.1 Å². The van der Waals surface area contributed by atoms with Crippen LogP contribution in [0.2, 0.25) is 0 Å². The van der Waals surface area contributed by atoms with Crippen molar-refractivity contribution < 1.29 is 22.8 Å². The van der Waals surface area contributed by atoms with Crippen LogP contribution in [0.4, 0.5) is 13.2 Å². The lowest BCUT2D eigenvalue weighted by Crippen LogP contribution is -2.29. The van der Waals surface area contributed by atoms with Gasteiger partial charge < -0.3 is 10.6 Å². The first kappa shape index (κ1) is 19.3. The van der Waals surface area contributed by atoms with Crippen LogP contribution in [0.5, 0.6) is 0 Å². The molecular formula is C22H19F3N2O2. The third-order valence-corrected chi connectivity index (χ3v) is 5.23. The molecule has 1 aromatic carbocycles. The molecule has 0 aromatic heterocycles. The van der Waals surface area contributed by atoms with Gasteiger partial charge in [0.2, 0.25) is 5.91 Å². The zero-order valence-corrected chi connectivity index (χ0v) is 15.7. The number of alkyl halides is 3. The average Bonchev–Trinajstić information content (AvgIpc) is 3.41. The highest BCUT2D eigenvalue weighted by molar-refractivity contribution is 5.99. The Morgan fingerprint density at radius 3 is 2.52 bits per heavy atom. The first-order chi connectivity index (χ1) is 13.7. The molecule has 2 N–H and O–H groups in total. The van der Waals surface area contributed by atoms with Crippen LogP contribution < -0.4 is 10.6 Å². The molecule has 1 saturated carbocycles. The molecule has 2 heterocycles. The Labute approximate surface area is 165 Å². The molecule has 2 fully saturated rings. The van der Waals surface area contributed by atoms with Gasteiger partial charge in [-0.1, -0.05) is 29.5 Å². The van der Waals surface area contributed by atoms with Gasteiger partial charge in [0, 0.05) is 18.0 Å². The lowest BCUT2D eigenvalue weighted by Gasteiger charge is -2.20. The van der Waals surface area contributed by atoms with Crippen LogP contribution in [0.1, 0.15) is 42.4 Å². The van der Waals surface area contributed by atoms with Crippen molar-refractivity contribution in [3.8, 4) is 0 Å².